The lowest BCUT2D eigenvalue weighted by atomic mass is 10.0. The third-order valence-corrected chi connectivity index (χ3v) is 5.17. The van der Waals surface area contributed by atoms with E-state index in [1.807, 2.05) is 20.0 Å². The molecular weight excluding hydrogens is 329 g/mol. The number of ether oxygens (including phenoxy) is 1. The molecule has 0 radical (unpaired) electrons. The topological polar surface area (TPSA) is 21.3 Å². The fourth-order valence-corrected chi connectivity index (χ4v) is 3.63. The van der Waals surface area contributed by atoms with E-state index in [1.54, 1.807) is 23.5 Å². The van der Waals surface area contributed by atoms with Gasteiger partial charge in [-0.1, -0.05) is 6.07 Å². The van der Waals surface area contributed by atoms with Gasteiger partial charge in [-0.3, -0.25) is 0 Å². The highest BCUT2D eigenvalue weighted by atomic mass is 79.9. The molecule has 0 aliphatic heterocycles. The summed E-state index contributed by atoms with van der Waals surface area (Å²) in [4.78, 5) is 2.26. The molecule has 1 heterocycles. The number of rotatable bonds is 4. The summed E-state index contributed by atoms with van der Waals surface area (Å²) in [5, 5.41) is 3.16. The molecule has 2 rings (SSSR count). The average molecular weight is 344 g/mol. The van der Waals surface area contributed by atoms with E-state index < -0.39 is 0 Å². The zero-order chi connectivity index (χ0) is 14.0. The average Bonchev–Trinajstić information content (AvgIpc) is 2.72. The highest BCUT2D eigenvalue weighted by molar-refractivity contribution is 9.10. The van der Waals surface area contributed by atoms with Crippen molar-refractivity contribution in [3.63, 3.8) is 0 Å². The Balaban J connectivity index is 2.42. The van der Waals surface area contributed by atoms with Crippen molar-refractivity contribution in [1.29, 1.82) is 0 Å². The summed E-state index contributed by atoms with van der Waals surface area (Å²) in [6.07, 6.45) is 0. The van der Waals surface area contributed by atoms with Crippen LogP contribution in [0.4, 0.5) is 4.39 Å². The summed E-state index contributed by atoms with van der Waals surface area (Å²) in [5.41, 5.74) is 0.622. The molecule has 0 bridgehead atoms. The number of halogens is 2. The van der Waals surface area contributed by atoms with Gasteiger partial charge in [0.25, 0.3) is 0 Å². The van der Waals surface area contributed by atoms with Gasteiger partial charge < -0.3 is 10.1 Å². The third-order valence-electron chi connectivity index (χ3n) is 2.97. The Labute approximate surface area is 124 Å². The zero-order valence-corrected chi connectivity index (χ0v) is 13.4. The summed E-state index contributed by atoms with van der Waals surface area (Å²) in [6, 6.07) is 6.83. The van der Waals surface area contributed by atoms with Crippen molar-refractivity contribution < 1.29 is 9.13 Å². The minimum atomic E-state index is -0.263. The summed E-state index contributed by atoms with van der Waals surface area (Å²) < 4.78 is 20.2. The van der Waals surface area contributed by atoms with E-state index in [4.69, 9.17) is 4.74 Å². The Kier molecular flexibility index (Phi) is 4.60. The van der Waals surface area contributed by atoms with E-state index >= 15 is 0 Å². The summed E-state index contributed by atoms with van der Waals surface area (Å²) >= 11 is 5.15. The van der Waals surface area contributed by atoms with Gasteiger partial charge in [0, 0.05) is 25.9 Å². The predicted molar refractivity (Wildman–Crippen MR) is 80.6 cm³/mol. The van der Waals surface area contributed by atoms with Gasteiger partial charge in [0.15, 0.2) is 0 Å². The molecule has 5 heteroatoms. The number of methoxy groups -OCH3 is 1. The Morgan fingerprint density at radius 2 is 2.11 bits per heavy atom. The van der Waals surface area contributed by atoms with E-state index in [1.165, 1.54) is 18.1 Å². The Bertz CT molecular complexity index is 565. The third kappa shape index (κ3) is 2.99. The first-order chi connectivity index (χ1) is 9.06. The van der Waals surface area contributed by atoms with Crippen molar-refractivity contribution >= 4 is 27.3 Å². The van der Waals surface area contributed by atoms with Crippen LogP contribution in [0, 0.1) is 12.7 Å². The van der Waals surface area contributed by atoms with Crippen molar-refractivity contribution in [1.82, 2.24) is 5.32 Å². The maximum absolute atomic E-state index is 14.1. The maximum Gasteiger partial charge on any atom is 0.132 e. The van der Waals surface area contributed by atoms with Gasteiger partial charge in [-0.25, -0.2) is 4.39 Å². The largest absolute Gasteiger partial charge is 0.497 e. The second-order valence-electron chi connectivity index (χ2n) is 4.16. The van der Waals surface area contributed by atoms with Gasteiger partial charge >= 0.3 is 0 Å². The number of benzene rings is 1. The Hall–Kier alpha value is -0.910. The van der Waals surface area contributed by atoms with E-state index in [0.717, 1.165) is 9.35 Å². The lowest BCUT2D eigenvalue weighted by molar-refractivity contribution is 0.410. The van der Waals surface area contributed by atoms with Crippen molar-refractivity contribution in [2.24, 2.45) is 0 Å². The molecule has 1 aromatic carbocycles. The molecule has 2 aromatic rings. The molecule has 1 N–H and O–H groups in total. The molecule has 0 saturated carbocycles. The molecule has 19 heavy (non-hydrogen) atoms. The Morgan fingerprint density at radius 1 is 1.37 bits per heavy atom. The molecular formula is C14H15BrFNOS. The van der Waals surface area contributed by atoms with Crippen LogP contribution in [0.5, 0.6) is 5.75 Å². The lowest BCUT2D eigenvalue weighted by Crippen LogP contribution is -2.17. The zero-order valence-electron chi connectivity index (χ0n) is 11.0. The molecule has 1 unspecified atom stereocenters. The standard InChI is InChI=1S/C14H15BrFNOS/c1-8-11(15)7-13(19-8)14(17-2)10-5-4-9(18-3)6-12(10)16/h4-7,14,17H,1-3H3. The number of nitrogens with one attached hydrogen (secondary N) is 1. The van der Waals surface area contributed by atoms with Crippen LogP contribution >= 0.6 is 27.3 Å². The molecule has 0 saturated heterocycles. The molecule has 0 aliphatic rings. The normalized spacial score (nSPS) is 12.5. The molecule has 1 atom stereocenters. The first-order valence-corrected chi connectivity index (χ1v) is 7.44. The molecule has 102 valence electrons. The van der Waals surface area contributed by atoms with Crippen molar-refractivity contribution in [2.45, 2.75) is 13.0 Å². The van der Waals surface area contributed by atoms with Gasteiger partial charge in [0.1, 0.15) is 11.6 Å². The number of hydrogen-bond donors (Lipinski definition) is 1. The van der Waals surface area contributed by atoms with Crippen molar-refractivity contribution in [2.75, 3.05) is 14.2 Å². The number of aryl methyl sites for hydroxylation is 1. The monoisotopic (exact) mass is 343 g/mol. The number of hydrogen-bond acceptors (Lipinski definition) is 3. The fraction of sp³-hybridized carbons (Fsp3) is 0.286. The van der Waals surface area contributed by atoms with Crippen LogP contribution in [0.2, 0.25) is 0 Å². The summed E-state index contributed by atoms with van der Waals surface area (Å²) in [7, 11) is 3.36. The minimum Gasteiger partial charge on any atom is -0.497 e. The van der Waals surface area contributed by atoms with E-state index in [2.05, 4.69) is 21.2 Å². The predicted octanol–water partition coefficient (Wildman–Crippen LogP) is 4.28. The molecule has 0 fully saturated rings. The van der Waals surface area contributed by atoms with Gasteiger partial charge in [-0.05, 0) is 42.0 Å². The Morgan fingerprint density at radius 3 is 2.58 bits per heavy atom. The smallest absolute Gasteiger partial charge is 0.132 e. The van der Waals surface area contributed by atoms with Crippen LogP contribution in [0.3, 0.4) is 0 Å². The summed E-state index contributed by atoms with van der Waals surface area (Å²) in [6.45, 7) is 2.04. The van der Waals surface area contributed by atoms with Crippen molar-refractivity contribution in [3.8, 4) is 5.75 Å². The van der Waals surface area contributed by atoms with E-state index in [0.29, 0.717) is 11.3 Å². The van der Waals surface area contributed by atoms with Crippen LogP contribution in [0.1, 0.15) is 21.4 Å². The second-order valence-corrected chi connectivity index (χ2v) is 6.30. The van der Waals surface area contributed by atoms with Crippen LogP contribution in [-0.4, -0.2) is 14.2 Å². The maximum atomic E-state index is 14.1. The van der Waals surface area contributed by atoms with Gasteiger partial charge in [0.05, 0.1) is 13.2 Å². The molecule has 2 nitrogen and oxygen atoms in total. The SMILES string of the molecule is CNC(c1cc(Br)c(C)s1)c1ccc(OC)cc1F. The first kappa shape index (κ1) is 14.5. The van der Waals surface area contributed by atoms with Crippen LogP contribution in [0.15, 0.2) is 28.7 Å². The van der Waals surface area contributed by atoms with Crippen LogP contribution in [0.25, 0.3) is 0 Å². The molecule has 1 aromatic heterocycles. The molecule has 0 amide bonds. The highest BCUT2D eigenvalue weighted by Gasteiger charge is 2.19. The number of thiophene rings is 1. The molecule has 0 spiro atoms. The lowest BCUT2D eigenvalue weighted by Gasteiger charge is -2.16. The fourth-order valence-electron chi connectivity index (χ4n) is 1.94. The van der Waals surface area contributed by atoms with Crippen LogP contribution in [-0.2, 0) is 0 Å². The minimum absolute atomic E-state index is 0.152. The quantitative estimate of drug-likeness (QED) is 0.894. The second kappa shape index (κ2) is 6.03. The van der Waals surface area contributed by atoms with Crippen molar-refractivity contribution in [3.05, 3.63) is 49.9 Å². The molecule has 0 aliphatic carbocycles. The first-order valence-electron chi connectivity index (χ1n) is 5.83. The van der Waals surface area contributed by atoms with Gasteiger partial charge in [-0.2, -0.15) is 0 Å². The van der Waals surface area contributed by atoms with Crippen LogP contribution < -0.4 is 10.1 Å². The highest BCUT2D eigenvalue weighted by Crippen LogP contribution is 2.35. The van der Waals surface area contributed by atoms with Gasteiger partial charge in [-0.15, -0.1) is 11.3 Å². The summed E-state index contributed by atoms with van der Waals surface area (Å²) in [5.74, 6) is 0.264. The van der Waals surface area contributed by atoms with E-state index in [-0.39, 0.29) is 11.9 Å². The van der Waals surface area contributed by atoms with Gasteiger partial charge in [0.2, 0.25) is 0 Å². The van der Waals surface area contributed by atoms with E-state index in [9.17, 15) is 4.39 Å².